The van der Waals surface area contributed by atoms with E-state index in [9.17, 15) is 4.79 Å². The lowest BCUT2D eigenvalue weighted by atomic mass is 9.88. The average Bonchev–Trinajstić information content (AvgIpc) is 3.06. The van der Waals surface area contributed by atoms with Crippen LogP contribution in [0.15, 0.2) is 36.7 Å². The number of halogens is 1. The molecule has 142 valence electrons. The molecule has 1 aromatic heterocycles. The molecule has 0 radical (unpaired) electrons. The van der Waals surface area contributed by atoms with Crippen molar-refractivity contribution in [3.8, 4) is 11.4 Å². The number of fused-ring (bicyclic) bond motifs is 1. The maximum Gasteiger partial charge on any atom is 0.222 e. The molecule has 0 N–H and O–H groups in total. The monoisotopic (exact) mass is 384 g/mol. The molecule has 1 saturated carbocycles. The normalized spacial score (nSPS) is 25.1. The van der Waals surface area contributed by atoms with Gasteiger partial charge in [0.2, 0.25) is 5.91 Å². The van der Waals surface area contributed by atoms with Crippen molar-refractivity contribution in [2.24, 2.45) is 11.8 Å². The van der Waals surface area contributed by atoms with Crippen LogP contribution in [0.5, 0.6) is 0 Å². The quantitative estimate of drug-likeness (QED) is 0.809. The molecule has 0 bridgehead atoms. The van der Waals surface area contributed by atoms with E-state index < -0.39 is 0 Å². The number of nitrogens with zero attached hydrogens (tertiary/aromatic N) is 4. The summed E-state index contributed by atoms with van der Waals surface area (Å²) in [5.41, 5.74) is 2.08. The number of hydrogen-bond donors (Lipinski definition) is 0. The number of piperidine rings is 1. The van der Waals surface area contributed by atoms with Crippen LogP contribution in [0.4, 0.5) is 0 Å². The molecule has 3 atom stereocenters. The minimum absolute atomic E-state index is 0.297. The van der Waals surface area contributed by atoms with Gasteiger partial charge in [0.05, 0.1) is 0 Å². The molecule has 6 heteroatoms. The molecule has 2 aliphatic rings. The Hall–Kier alpha value is -1.98. The third kappa shape index (κ3) is 3.99. The first-order chi connectivity index (χ1) is 13.0. The highest BCUT2D eigenvalue weighted by molar-refractivity contribution is 6.30. The van der Waals surface area contributed by atoms with E-state index in [1.807, 2.05) is 48.6 Å². The number of benzene rings is 1. The van der Waals surface area contributed by atoms with Crippen LogP contribution in [-0.2, 0) is 11.3 Å². The van der Waals surface area contributed by atoms with E-state index in [4.69, 9.17) is 11.6 Å². The van der Waals surface area contributed by atoms with Gasteiger partial charge in [-0.2, -0.15) is 0 Å². The standard InChI is InChI=1S/C21H25ClN4O/c1-25(19-7-16-9-20(27)26(2)13-17(16)8-19)12-14-10-23-21(24-11-14)15-3-5-18(22)6-4-15/h3-6,10-11,16-17,19H,7-9,12-13H2,1-2H3/t16-,17+,19-/m1/s1. The highest BCUT2D eigenvalue weighted by Gasteiger charge is 2.41. The number of likely N-dealkylation sites (tertiary alicyclic amines) is 1. The van der Waals surface area contributed by atoms with E-state index in [0.717, 1.165) is 30.6 Å². The number of aromatic nitrogens is 2. The molecule has 1 saturated heterocycles. The van der Waals surface area contributed by atoms with Crippen LogP contribution in [0.1, 0.15) is 24.8 Å². The second kappa shape index (κ2) is 7.56. The van der Waals surface area contributed by atoms with Gasteiger partial charge in [0.15, 0.2) is 5.82 Å². The molecule has 0 spiro atoms. The molecule has 1 aliphatic heterocycles. The first-order valence-corrected chi connectivity index (χ1v) is 9.88. The summed E-state index contributed by atoms with van der Waals surface area (Å²) in [5, 5.41) is 0.710. The molecule has 2 fully saturated rings. The second-order valence-electron chi connectivity index (χ2n) is 7.96. The van der Waals surface area contributed by atoms with Crippen molar-refractivity contribution >= 4 is 17.5 Å². The van der Waals surface area contributed by atoms with E-state index in [0.29, 0.717) is 41.1 Å². The Kier molecular flexibility index (Phi) is 5.15. The summed E-state index contributed by atoms with van der Waals surface area (Å²) in [7, 11) is 4.09. The zero-order valence-electron chi connectivity index (χ0n) is 15.8. The van der Waals surface area contributed by atoms with E-state index in [1.54, 1.807) is 0 Å². The Morgan fingerprint density at radius 2 is 1.81 bits per heavy atom. The van der Waals surface area contributed by atoms with Crippen LogP contribution in [0.25, 0.3) is 11.4 Å². The van der Waals surface area contributed by atoms with Gasteiger partial charge >= 0.3 is 0 Å². The summed E-state index contributed by atoms with van der Waals surface area (Å²) in [6.45, 7) is 1.74. The molecule has 1 amide bonds. The molecule has 27 heavy (non-hydrogen) atoms. The lowest BCUT2D eigenvalue weighted by Gasteiger charge is -2.31. The SMILES string of the molecule is CN1C[C@@H]2C[C@H](N(C)Cc3cnc(-c4ccc(Cl)cc4)nc3)C[C@@H]2CC1=O. The molecule has 0 unspecified atom stereocenters. The second-order valence-corrected chi connectivity index (χ2v) is 8.40. The average molecular weight is 385 g/mol. The van der Waals surface area contributed by atoms with E-state index in [1.165, 1.54) is 6.42 Å². The highest BCUT2D eigenvalue weighted by atomic mass is 35.5. The minimum atomic E-state index is 0.297. The van der Waals surface area contributed by atoms with Crippen LogP contribution >= 0.6 is 11.6 Å². The highest BCUT2D eigenvalue weighted by Crippen LogP contribution is 2.40. The molecule has 4 rings (SSSR count). The summed E-state index contributed by atoms with van der Waals surface area (Å²) in [6, 6.07) is 8.09. The van der Waals surface area contributed by atoms with Crippen molar-refractivity contribution in [2.45, 2.75) is 31.8 Å². The number of carbonyl (C=O) groups excluding carboxylic acids is 1. The topological polar surface area (TPSA) is 49.3 Å². The molecule has 2 aromatic rings. The van der Waals surface area contributed by atoms with Gasteiger partial charge in [-0.05, 0) is 56.0 Å². The Morgan fingerprint density at radius 3 is 2.52 bits per heavy atom. The maximum atomic E-state index is 12.0. The van der Waals surface area contributed by atoms with Gasteiger partial charge in [0, 0.05) is 61.1 Å². The van der Waals surface area contributed by atoms with Crippen molar-refractivity contribution in [3.05, 3.63) is 47.2 Å². The fourth-order valence-corrected chi connectivity index (χ4v) is 4.57. The predicted octanol–water partition coefficient (Wildman–Crippen LogP) is 3.49. The third-order valence-corrected chi connectivity index (χ3v) is 6.30. The minimum Gasteiger partial charge on any atom is -0.345 e. The van der Waals surface area contributed by atoms with Crippen molar-refractivity contribution < 1.29 is 4.79 Å². The third-order valence-electron chi connectivity index (χ3n) is 6.05. The van der Waals surface area contributed by atoms with Gasteiger partial charge in [0.25, 0.3) is 0 Å². The van der Waals surface area contributed by atoms with Gasteiger partial charge in [-0.3, -0.25) is 9.69 Å². The first-order valence-electron chi connectivity index (χ1n) is 9.50. The summed E-state index contributed by atoms with van der Waals surface area (Å²) < 4.78 is 0. The van der Waals surface area contributed by atoms with Crippen molar-refractivity contribution in [1.29, 1.82) is 0 Å². The van der Waals surface area contributed by atoms with Gasteiger partial charge in [0.1, 0.15) is 0 Å². The van der Waals surface area contributed by atoms with Gasteiger partial charge in [-0.15, -0.1) is 0 Å². The first kappa shape index (κ1) is 18.4. The fourth-order valence-electron chi connectivity index (χ4n) is 4.45. The van der Waals surface area contributed by atoms with E-state index in [-0.39, 0.29) is 0 Å². The lowest BCUT2D eigenvalue weighted by Crippen LogP contribution is -2.39. The van der Waals surface area contributed by atoms with Crippen LogP contribution in [0.2, 0.25) is 5.02 Å². The molecule has 1 aromatic carbocycles. The summed E-state index contributed by atoms with van der Waals surface area (Å²) in [4.78, 5) is 25.3. The van der Waals surface area contributed by atoms with Crippen LogP contribution < -0.4 is 0 Å². The summed E-state index contributed by atoms with van der Waals surface area (Å²) >= 11 is 5.94. The van der Waals surface area contributed by atoms with Crippen molar-refractivity contribution in [3.63, 3.8) is 0 Å². The molecule has 2 heterocycles. The smallest absolute Gasteiger partial charge is 0.222 e. The van der Waals surface area contributed by atoms with Crippen LogP contribution in [0, 0.1) is 11.8 Å². The molecule has 1 aliphatic carbocycles. The number of amides is 1. The van der Waals surface area contributed by atoms with Gasteiger partial charge < -0.3 is 4.90 Å². The Morgan fingerprint density at radius 1 is 1.15 bits per heavy atom. The maximum absolute atomic E-state index is 12.0. The van der Waals surface area contributed by atoms with E-state index in [2.05, 4.69) is 21.9 Å². The molecular formula is C21H25ClN4O. The van der Waals surface area contributed by atoms with Crippen molar-refractivity contribution in [2.75, 3.05) is 20.6 Å². The fraction of sp³-hybridized carbons (Fsp3) is 0.476. The number of hydrogen-bond acceptors (Lipinski definition) is 4. The van der Waals surface area contributed by atoms with Gasteiger partial charge in [-0.25, -0.2) is 9.97 Å². The lowest BCUT2D eigenvalue weighted by molar-refractivity contribution is -0.134. The Labute approximate surface area is 165 Å². The van der Waals surface area contributed by atoms with E-state index >= 15 is 0 Å². The summed E-state index contributed by atoms with van der Waals surface area (Å²) in [6.07, 6.45) is 6.82. The Balaban J connectivity index is 1.38. The van der Waals surface area contributed by atoms with Gasteiger partial charge in [-0.1, -0.05) is 11.6 Å². The van der Waals surface area contributed by atoms with Crippen LogP contribution in [0.3, 0.4) is 0 Å². The molecule has 5 nitrogen and oxygen atoms in total. The summed E-state index contributed by atoms with van der Waals surface area (Å²) in [5.74, 6) is 2.20. The zero-order valence-corrected chi connectivity index (χ0v) is 16.6. The predicted molar refractivity (Wildman–Crippen MR) is 106 cm³/mol. The largest absolute Gasteiger partial charge is 0.345 e. The number of carbonyl (C=O) groups is 1. The zero-order chi connectivity index (χ0) is 19.0. The number of rotatable bonds is 4. The van der Waals surface area contributed by atoms with Crippen LogP contribution in [-0.4, -0.2) is 52.4 Å². The Bertz CT molecular complexity index is 808. The van der Waals surface area contributed by atoms with Crippen molar-refractivity contribution in [1.82, 2.24) is 19.8 Å². The molecular weight excluding hydrogens is 360 g/mol.